The van der Waals surface area contributed by atoms with Crippen LogP contribution in [0.5, 0.6) is 0 Å². The molecule has 2 N–H and O–H groups in total. The second-order valence-electron chi connectivity index (χ2n) is 3.49. The Balaban J connectivity index is 2.19. The number of nitrogens with zero attached hydrogens (tertiary/aromatic N) is 2. The first-order valence-electron chi connectivity index (χ1n) is 5.20. The average molecular weight is 250 g/mol. The van der Waals surface area contributed by atoms with Crippen molar-refractivity contribution in [3.63, 3.8) is 0 Å². The number of hydrogen-bond donors (Lipinski definition) is 2. The molecule has 1 aromatic carbocycles. The maximum atomic E-state index is 9.38. The van der Waals surface area contributed by atoms with Gasteiger partial charge in [-0.1, -0.05) is 41.9 Å². The maximum Gasteiger partial charge on any atom is 0.171 e. The lowest BCUT2D eigenvalue weighted by molar-refractivity contribution is 0.276. The molecule has 0 radical (unpaired) electrons. The number of aliphatic hydroxyl groups excluding tert-OH is 1. The summed E-state index contributed by atoms with van der Waals surface area (Å²) in [6.45, 7) is -0.0447. The van der Waals surface area contributed by atoms with Crippen LogP contribution < -0.4 is 5.32 Å². The highest BCUT2D eigenvalue weighted by Gasteiger charge is 2.12. The van der Waals surface area contributed by atoms with Crippen LogP contribution >= 0.6 is 11.6 Å². The number of aliphatic hydroxyl groups is 1. The number of hydrogen-bond acceptors (Lipinski definition) is 4. The third-order valence-corrected chi connectivity index (χ3v) is 2.63. The molecule has 0 saturated heterocycles. The van der Waals surface area contributed by atoms with Gasteiger partial charge in [-0.25, -0.2) is 9.97 Å². The third-order valence-electron chi connectivity index (χ3n) is 2.35. The maximum absolute atomic E-state index is 9.38. The van der Waals surface area contributed by atoms with Crippen molar-refractivity contribution in [3.8, 4) is 0 Å². The molecule has 0 spiro atoms. The summed E-state index contributed by atoms with van der Waals surface area (Å²) in [5.41, 5.74) is 0.969. The first-order chi connectivity index (χ1) is 8.31. The number of aromatic nitrogens is 2. The Morgan fingerprint density at radius 2 is 1.88 bits per heavy atom. The molecule has 0 amide bonds. The zero-order valence-corrected chi connectivity index (χ0v) is 9.80. The van der Waals surface area contributed by atoms with E-state index >= 15 is 0 Å². The second kappa shape index (κ2) is 5.61. The number of halogens is 1. The summed E-state index contributed by atoms with van der Waals surface area (Å²) < 4.78 is 0. The van der Waals surface area contributed by atoms with Crippen LogP contribution in [0.15, 0.2) is 42.7 Å². The number of nitrogens with one attached hydrogen (secondary N) is 1. The Kier molecular flexibility index (Phi) is 3.90. The zero-order valence-electron chi connectivity index (χ0n) is 9.05. The van der Waals surface area contributed by atoms with Crippen molar-refractivity contribution < 1.29 is 5.11 Å². The molecule has 0 aliphatic heterocycles. The monoisotopic (exact) mass is 249 g/mol. The van der Waals surface area contributed by atoms with E-state index in [0.29, 0.717) is 11.0 Å². The Labute approximate surface area is 104 Å². The van der Waals surface area contributed by atoms with E-state index in [1.54, 1.807) is 6.20 Å². The first-order valence-corrected chi connectivity index (χ1v) is 5.58. The Morgan fingerprint density at radius 1 is 1.18 bits per heavy atom. The van der Waals surface area contributed by atoms with E-state index in [0.717, 1.165) is 5.56 Å². The van der Waals surface area contributed by atoms with Crippen molar-refractivity contribution in [1.29, 1.82) is 0 Å². The fraction of sp³-hybridized carbons (Fsp3) is 0.167. The van der Waals surface area contributed by atoms with E-state index in [1.807, 2.05) is 30.3 Å². The van der Waals surface area contributed by atoms with Gasteiger partial charge in [-0.15, -0.1) is 0 Å². The van der Waals surface area contributed by atoms with Gasteiger partial charge in [0.25, 0.3) is 0 Å². The van der Waals surface area contributed by atoms with Crippen LogP contribution in [0, 0.1) is 0 Å². The Hall–Kier alpha value is -1.65. The van der Waals surface area contributed by atoms with E-state index in [9.17, 15) is 5.11 Å². The van der Waals surface area contributed by atoms with Crippen LogP contribution in [-0.4, -0.2) is 21.7 Å². The molecule has 4 nitrogen and oxygen atoms in total. The van der Waals surface area contributed by atoms with Crippen LogP contribution in [0.1, 0.15) is 11.6 Å². The van der Waals surface area contributed by atoms with E-state index < -0.39 is 0 Å². The number of rotatable bonds is 4. The lowest BCUT2D eigenvalue weighted by Crippen LogP contribution is -2.16. The van der Waals surface area contributed by atoms with E-state index in [-0.39, 0.29) is 12.6 Å². The zero-order chi connectivity index (χ0) is 12.1. The normalized spacial score (nSPS) is 12.1. The molecule has 2 aromatic rings. The van der Waals surface area contributed by atoms with Crippen molar-refractivity contribution >= 4 is 17.4 Å². The predicted octanol–water partition coefficient (Wildman–Crippen LogP) is 2.28. The Bertz CT molecular complexity index is 478. The molecule has 0 aliphatic carbocycles. The Morgan fingerprint density at radius 3 is 2.53 bits per heavy atom. The molecule has 1 heterocycles. The van der Waals surface area contributed by atoms with Crippen molar-refractivity contribution in [1.82, 2.24) is 9.97 Å². The lowest BCUT2D eigenvalue weighted by atomic mass is 10.1. The van der Waals surface area contributed by atoms with E-state index in [2.05, 4.69) is 15.3 Å². The van der Waals surface area contributed by atoms with Gasteiger partial charge in [0, 0.05) is 12.4 Å². The van der Waals surface area contributed by atoms with Gasteiger partial charge in [0.15, 0.2) is 11.0 Å². The molecule has 1 atom stereocenters. The molecule has 17 heavy (non-hydrogen) atoms. The summed E-state index contributed by atoms with van der Waals surface area (Å²) in [6, 6.07) is 9.37. The molecule has 0 fully saturated rings. The minimum absolute atomic E-state index is 0.0447. The van der Waals surface area contributed by atoms with Gasteiger partial charge in [0.05, 0.1) is 12.6 Å². The quantitative estimate of drug-likeness (QED) is 0.873. The molecule has 0 saturated carbocycles. The summed E-state index contributed by atoms with van der Waals surface area (Å²) in [5.74, 6) is 0.470. The topological polar surface area (TPSA) is 58.0 Å². The van der Waals surface area contributed by atoms with Gasteiger partial charge in [-0.05, 0) is 5.56 Å². The van der Waals surface area contributed by atoms with Gasteiger partial charge in [-0.2, -0.15) is 0 Å². The van der Waals surface area contributed by atoms with E-state index in [1.165, 1.54) is 6.20 Å². The van der Waals surface area contributed by atoms with Crippen molar-refractivity contribution in [2.24, 2.45) is 0 Å². The molecule has 5 heteroatoms. The SMILES string of the molecule is OCC(Nc1nccnc1Cl)c1ccccc1. The fourth-order valence-electron chi connectivity index (χ4n) is 1.50. The molecular weight excluding hydrogens is 238 g/mol. The highest BCUT2D eigenvalue weighted by molar-refractivity contribution is 6.31. The van der Waals surface area contributed by atoms with Gasteiger partial charge in [0.1, 0.15) is 0 Å². The largest absolute Gasteiger partial charge is 0.394 e. The van der Waals surface area contributed by atoms with Crippen molar-refractivity contribution in [3.05, 3.63) is 53.4 Å². The molecule has 1 aromatic heterocycles. The van der Waals surface area contributed by atoms with Crippen LogP contribution in [0.25, 0.3) is 0 Å². The standard InChI is InChI=1S/C12H12ClN3O/c13-11-12(15-7-6-14-11)16-10(8-17)9-4-2-1-3-5-9/h1-7,10,17H,8H2,(H,15,16). The van der Waals surface area contributed by atoms with Crippen LogP contribution in [0.2, 0.25) is 5.15 Å². The van der Waals surface area contributed by atoms with Crippen molar-refractivity contribution in [2.45, 2.75) is 6.04 Å². The van der Waals surface area contributed by atoms with Gasteiger partial charge in [0.2, 0.25) is 0 Å². The molecule has 0 aliphatic rings. The first kappa shape index (κ1) is 11.8. The summed E-state index contributed by atoms with van der Waals surface area (Å²) >= 11 is 5.90. The highest BCUT2D eigenvalue weighted by atomic mass is 35.5. The lowest BCUT2D eigenvalue weighted by Gasteiger charge is -2.17. The molecule has 88 valence electrons. The van der Waals surface area contributed by atoms with Gasteiger partial charge >= 0.3 is 0 Å². The fourth-order valence-corrected chi connectivity index (χ4v) is 1.66. The third kappa shape index (κ3) is 2.93. The molecular formula is C12H12ClN3O. The summed E-state index contributed by atoms with van der Waals surface area (Å²) in [4.78, 5) is 7.99. The molecule has 1 unspecified atom stereocenters. The smallest absolute Gasteiger partial charge is 0.171 e. The number of benzene rings is 1. The van der Waals surface area contributed by atoms with Crippen LogP contribution in [0.3, 0.4) is 0 Å². The van der Waals surface area contributed by atoms with Crippen LogP contribution in [0.4, 0.5) is 5.82 Å². The molecule has 2 rings (SSSR count). The highest BCUT2D eigenvalue weighted by Crippen LogP contribution is 2.21. The van der Waals surface area contributed by atoms with Crippen molar-refractivity contribution in [2.75, 3.05) is 11.9 Å². The number of anilines is 1. The summed E-state index contributed by atoms with van der Waals surface area (Å²) in [6.07, 6.45) is 3.07. The van der Waals surface area contributed by atoms with E-state index in [4.69, 9.17) is 11.6 Å². The minimum Gasteiger partial charge on any atom is -0.394 e. The average Bonchev–Trinajstić information content (AvgIpc) is 2.39. The van der Waals surface area contributed by atoms with Crippen LogP contribution in [-0.2, 0) is 0 Å². The minimum atomic E-state index is -0.245. The predicted molar refractivity (Wildman–Crippen MR) is 66.9 cm³/mol. The van der Waals surface area contributed by atoms with Gasteiger partial charge in [-0.3, -0.25) is 0 Å². The summed E-state index contributed by atoms with van der Waals surface area (Å²) in [5, 5.41) is 12.7. The second-order valence-corrected chi connectivity index (χ2v) is 3.84. The van der Waals surface area contributed by atoms with Gasteiger partial charge < -0.3 is 10.4 Å². The summed E-state index contributed by atoms with van der Waals surface area (Å²) in [7, 11) is 0. The molecule has 0 bridgehead atoms.